The Balaban J connectivity index is 2.10. The van der Waals surface area contributed by atoms with Crippen molar-refractivity contribution in [3.05, 3.63) is 35.4 Å². The van der Waals surface area contributed by atoms with Gasteiger partial charge in [0.15, 0.2) is 0 Å². The first-order valence-electron chi connectivity index (χ1n) is 6.97. The Morgan fingerprint density at radius 1 is 1.35 bits per heavy atom. The van der Waals surface area contributed by atoms with Gasteiger partial charge in [0.1, 0.15) is 0 Å². The minimum absolute atomic E-state index is 0.163. The fraction of sp³-hybridized carbons (Fsp3) is 0.500. The molecule has 1 aliphatic heterocycles. The highest BCUT2D eigenvalue weighted by molar-refractivity contribution is 5.87. The molecule has 4 nitrogen and oxygen atoms in total. The molecule has 0 saturated carbocycles. The van der Waals surface area contributed by atoms with Gasteiger partial charge < -0.3 is 10.0 Å². The molecule has 0 atom stereocenters. The van der Waals surface area contributed by atoms with Crippen LogP contribution in [0.25, 0.3) is 0 Å². The Labute approximate surface area is 119 Å². The molecule has 1 aromatic rings. The smallest absolute Gasteiger partial charge is 0.335 e. The maximum absolute atomic E-state index is 12.1. The van der Waals surface area contributed by atoms with Gasteiger partial charge in [0.25, 0.3) is 0 Å². The van der Waals surface area contributed by atoms with E-state index in [-0.39, 0.29) is 16.9 Å². The molecule has 0 bridgehead atoms. The number of rotatable bonds is 3. The Bertz CT molecular complexity index is 522. The number of hydrogen-bond acceptors (Lipinski definition) is 2. The number of aromatic carboxylic acids is 1. The van der Waals surface area contributed by atoms with Crippen LogP contribution in [0.1, 0.15) is 49.0 Å². The molecule has 0 spiro atoms. The molecule has 1 aliphatic rings. The number of carboxylic acid groups (broad SMARTS) is 1. The van der Waals surface area contributed by atoms with Gasteiger partial charge in [-0.1, -0.05) is 26.0 Å². The van der Waals surface area contributed by atoms with E-state index in [4.69, 9.17) is 5.11 Å². The molecule has 0 radical (unpaired) electrons. The molecule has 0 unspecified atom stereocenters. The summed E-state index contributed by atoms with van der Waals surface area (Å²) in [5.41, 5.74) is 1.34. The van der Waals surface area contributed by atoms with Gasteiger partial charge in [-0.2, -0.15) is 0 Å². The molecular formula is C16H21NO3. The highest BCUT2D eigenvalue weighted by atomic mass is 16.4. The zero-order valence-electron chi connectivity index (χ0n) is 12.1. The first kappa shape index (κ1) is 14.6. The van der Waals surface area contributed by atoms with E-state index < -0.39 is 5.97 Å². The van der Waals surface area contributed by atoms with Crippen LogP contribution in [-0.4, -0.2) is 28.4 Å². The summed E-state index contributed by atoms with van der Waals surface area (Å²) < 4.78 is 0. The zero-order valence-corrected chi connectivity index (χ0v) is 12.1. The zero-order chi connectivity index (χ0) is 14.8. The van der Waals surface area contributed by atoms with E-state index in [2.05, 4.69) is 13.8 Å². The van der Waals surface area contributed by atoms with E-state index in [9.17, 15) is 9.59 Å². The topological polar surface area (TPSA) is 57.6 Å². The Morgan fingerprint density at radius 2 is 2.10 bits per heavy atom. The molecule has 108 valence electrons. The quantitative estimate of drug-likeness (QED) is 0.922. The van der Waals surface area contributed by atoms with Crippen molar-refractivity contribution in [2.24, 2.45) is 5.41 Å². The van der Waals surface area contributed by atoms with E-state index in [1.54, 1.807) is 18.2 Å². The average molecular weight is 275 g/mol. The van der Waals surface area contributed by atoms with Gasteiger partial charge in [0.2, 0.25) is 5.91 Å². The van der Waals surface area contributed by atoms with E-state index in [0.29, 0.717) is 13.0 Å². The van der Waals surface area contributed by atoms with Gasteiger partial charge in [-0.3, -0.25) is 4.79 Å². The van der Waals surface area contributed by atoms with Crippen LogP contribution < -0.4 is 0 Å². The third-order valence-electron chi connectivity index (χ3n) is 3.97. The second-order valence-corrected chi connectivity index (χ2v) is 6.24. The van der Waals surface area contributed by atoms with E-state index in [1.807, 2.05) is 11.0 Å². The molecule has 1 amide bonds. The lowest BCUT2D eigenvalue weighted by molar-refractivity contribution is -0.131. The van der Waals surface area contributed by atoms with Crippen molar-refractivity contribution < 1.29 is 14.7 Å². The molecule has 1 saturated heterocycles. The third kappa shape index (κ3) is 3.59. The lowest BCUT2D eigenvalue weighted by atomic mass is 9.85. The highest BCUT2D eigenvalue weighted by Gasteiger charge is 2.27. The summed E-state index contributed by atoms with van der Waals surface area (Å²) in [5, 5.41) is 9.00. The molecule has 1 fully saturated rings. The van der Waals surface area contributed by atoms with Gasteiger partial charge >= 0.3 is 5.97 Å². The maximum atomic E-state index is 12.1. The largest absolute Gasteiger partial charge is 0.478 e. The van der Waals surface area contributed by atoms with E-state index >= 15 is 0 Å². The molecule has 0 aromatic heterocycles. The first-order valence-corrected chi connectivity index (χ1v) is 6.97. The first-order chi connectivity index (χ1) is 9.37. The predicted molar refractivity (Wildman–Crippen MR) is 76.5 cm³/mol. The molecular weight excluding hydrogens is 254 g/mol. The van der Waals surface area contributed by atoms with Crippen molar-refractivity contribution in [2.75, 3.05) is 6.54 Å². The van der Waals surface area contributed by atoms with Gasteiger partial charge in [-0.15, -0.1) is 0 Å². The summed E-state index contributed by atoms with van der Waals surface area (Å²) in [4.78, 5) is 24.9. The number of carboxylic acids is 1. The Hall–Kier alpha value is -1.84. The maximum Gasteiger partial charge on any atom is 0.335 e. The number of nitrogens with zero attached hydrogens (tertiary/aromatic N) is 1. The van der Waals surface area contributed by atoms with Crippen molar-refractivity contribution in [1.29, 1.82) is 0 Å². The number of benzene rings is 1. The normalized spacial score (nSPS) is 18.7. The SMILES string of the molecule is CC1(C)CCC(=O)N(Cc2cccc(C(=O)O)c2)CC1. The van der Waals surface area contributed by atoms with Gasteiger partial charge in [0.05, 0.1) is 5.56 Å². The molecule has 1 aromatic carbocycles. The molecule has 2 rings (SSSR count). The fourth-order valence-corrected chi connectivity index (χ4v) is 2.48. The number of likely N-dealkylation sites (tertiary alicyclic amines) is 1. The lowest BCUT2D eigenvalue weighted by Gasteiger charge is -2.23. The second-order valence-electron chi connectivity index (χ2n) is 6.24. The summed E-state index contributed by atoms with van der Waals surface area (Å²) in [6, 6.07) is 6.81. The van der Waals surface area contributed by atoms with Crippen LogP contribution in [0.15, 0.2) is 24.3 Å². The standard InChI is InChI=1S/C16H21NO3/c1-16(2)7-6-14(18)17(9-8-16)11-12-4-3-5-13(10-12)15(19)20/h3-5,10H,6-9,11H2,1-2H3,(H,19,20). The number of hydrogen-bond donors (Lipinski definition) is 1. The summed E-state index contributed by atoms with van der Waals surface area (Å²) in [6.45, 7) is 5.61. The number of carbonyl (C=O) groups excluding carboxylic acids is 1. The number of amides is 1. The summed E-state index contributed by atoms with van der Waals surface area (Å²) >= 11 is 0. The van der Waals surface area contributed by atoms with Crippen LogP contribution in [0.5, 0.6) is 0 Å². The Kier molecular flexibility index (Phi) is 4.12. The van der Waals surface area contributed by atoms with Crippen molar-refractivity contribution >= 4 is 11.9 Å². The molecule has 1 N–H and O–H groups in total. The van der Waals surface area contributed by atoms with Gasteiger partial charge in [-0.25, -0.2) is 4.79 Å². The minimum Gasteiger partial charge on any atom is -0.478 e. The predicted octanol–water partition coefficient (Wildman–Crippen LogP) is 2.92. The van der Waals surface area contributed by atoms with E-state index in [1.165, 1.54) is 0 Å². The molecule has 4 heteroatoms. The van der Waals surface area contributed by atoms with Crippen molar-refractivity contribution in [1.82, 2.24) is 4.90 Å². The molecule has 1 heterocycles. The van der Waals surface area contributed by atoms with Crippen LogP contribution in [0.3, 0.4) is 0 Å². The van der Waals surface area contributed by atoms with Crippen LogP contribution in [-0.2, 0) is 11.3 Å². The monoisotopic (exact) mass is 275 g/mol. The molecule has 20 heavy (non-hydrogen) atoms. The second kappa shape index (κ2) is 5.65. The minimum atomic E-state index is -0.935. The van der Waals surface area contributed by atoms with Gasteiger partial charge in [0, 0.05) is 19.5 Å². The van der Waals surface area contributed by atoms with Crippen LogP contribution in [0, 0.1) is 5.41 Å². The van der Waals surface area contributed by atoms with Gasteiger partial charge in [-0.05, 0) is 36.0 Å². The number of carbonyl (C=O) groups is 2. The summed E-state index contributed by atoms with van der Waals surface area (Å²) in [6.07, 6.45) is 2.47. The van der Waals surface area contributed by atoms with Crippen molar-refractivity contribution in [3.63, 3.8) is 0 Å². The van der Waals surface area contributed by atoms with Crippen molar-refractivity contribution in [3.8, 4) is 0 Å². The third-order valence-corrected chi connectivity index (χ3v) is 3.97. The van der Waals surface area contributed by atoms with Crippen LogP contribution in [0.4, 0.5) is 0 Å². The van der Waals surface area contributed by atoms with Crippen LogP contribution in [0.2, 0.25) is 0 Å². The van der Waals surface area contributed by atoms with Crippen LogP contribution >= 0.6 is 0 Å². The Morgan fingerprint density at radius 3 is 2.80 bits per heavy atom. The average Bonchev–Trinajstić information content (AvgIpc) is 2.52. The van der Waals surface area contributed by atoms with Crippen molar-refractivity contribution in [2.45, 2.75) is 39.7 Å². The molecule has 0 aliphatic carbocycles. The lowest BCUT2D eigenvalue weighted by Crippen LogP contribution is -2.30. The summed E-state index contributed by atoms with van der Waals surface area (Å²) in [5.74, 6) is -0.772. The fourth-order valence-electron chi connectivity index (χ4n) is 2.48. The summed E-state index contributed by atoms with van der Waals surface area (Å²) in [7, 11) is 0. The van der Waals surface area contributed by atoms with E-state index in [0.717, 1.165) is 24.9 Å². The highest BCUT2D eigenvalue weighted by Crippen LogP contribution is 2.30.